The molecule has 15 heavy (non-hydrogen) atoms. The lowest BCUT2D eigenvalue weighted by Gasteiger charge is -2.21. The van der Waals surface area contributed by atoms with Gasteiger partial charge in [0.05, 0.1) is 13.7 Å². The lowest BCUT2D eigenvalue weighted by atomic mass is 9.83. The van der Waals surface area contributed by atoms with Gasteiger partial charge in [0.2, 0.25) is 0 Å². The van der Waals surface area contributed by atoms with Crippen LogP contribution in [0.4, 0.5) is 0 Å². The standard InChI is InChI=1S/C11H12O4/c1-14-10(13)11(6-12)7-15-9-5-3-2-4-8(9)11/h2-5,12H,6-7H2,1H3. The number of aliphatic hydroxyl groups excluding tert-OH is 1. The monoisotopic (exact) mass is 208 g/mol. The Morgan fingerprint density at radius 3 is 3.00 bits per heavy atom. The molecule has 4 nitrogen and oxygen atoms in total. The lowest BCUT2D eigenvalue weighted by Crippen LogP contribution is -2.42. The second-order valence-electron chi connectivity index (χ2n) is 3.52. The molecule has 0 radical (unpaired) electrons. The van der Waals surface area contributed by atoms with Crippen molar-refractivity contribution < 1.29 is 19.4 Å². The molecule has 1 aliphatic heterocycles. The van der Waals surface area contributed by atoms with Gasteiger partial charge < -0.3 is 14.6 Å². The summed E-state index contributed by atoms with van der Waals surface area (Å²) >= 11 is 0. The van der Waals surface area contributed by atoms with E-state index in [0.717, 1.165) is 0 Å². The summed E-state index contributed by atoms with van der Waals surface area (Å²) in [6.07, 6.45) is 0. The van der Waals surface area contributed by atoms with E-state index in [1.54, 1.807) is 18.2 Å². The average molecular weight is 208 g/mol. The fourth-order valence-corrected chi connectivity index (χ4v) is 1.83. The minimum atomic E-state index is -1.05. The van der Waals surface area contributed by atoms with Crippen molar-refractivity contribution in [1.29, 1.82) is 0 Å². The Morgan fingerprint density at radius 2 is 2.33 bits per heavy atom. The van der Waals surface area contributed by atoms with E-state index >= 15 is 0 Å². The van der Waals surface area contributed by atoms with Crippen LogP contribution in [0.25, 0.3) is 0 Å². The SMILES string of the molecule is COC(=O)C1(CO)COc2ccccc21. The Labute approximate surface area is 87.4 Å². The van der Waals surface area contributed by atoms with E-state index in [2.05, 4.69) is 0 Å². The molecule has 1 aromatic carbocycles. The van der Waals surface area contributed by atoms with Crippen LogP contribution in [-0.4, -0.2) is 31.4 Å². The molecule has 1 heterocycles. The molecule has 0 bridgehead atoms. The number of carbonyl (C=O) groups is 1. The quantitative estimate of drug-likeness (QED) is 0.718. The molecule has 0 spiro atoms. The van der Waals surface area contributed by atoms with E-state index < -0.39 is 11.4 Å². The van der Waals surface area contributed by atoms with Crippen molar-refractivity contribution >= 4 is 5.97 Å². The van der Waals surface area contributed by atoms with Gasteiger partial charge in [-0.25, -0.2) is 0 Å². The van der Waals surface area contributed by atoms with Gasteiger partial charge in [-0.3, -0.25) is 4.79 Å². The third-order valence-electron chi connectivity index (χ3n) is 2.72. The van der Waals surface area contributed by atoms with Gasteiger partial charge in [0, 0.05) is 5.56 Å². The topological polar surface area (TPSA) is 55.8 Å². The Morgan fingerprint density at radius 1 is 1.60 bits per heavy atom. The third-order valence-corrected chi connectivity index (χ3v) is 2.72. The minimum Gasteiger partial charge on any atom is -0.492 e. The second-order valence-corrected chi connectivity index (χ2v) is 3.52. The molecule has 0 saturated heterocycles. The number of carbonyl (C=O) groups excluding carboxylic acids is 1. The number of hydrogen-bond donors (Lipinski definition) is 1. The Kier molecular flexibility index (Phi) is 2.36. The predicted octanol–water partition coefficient (Wildman–Crippen LogP) is 0.482. The Bertz CT molecular complexity index is 388. The van der Waals surface area contributed by atoms with E-state index in [0.29, 0.717) is 11.3 Å². The molecule has 80 valence electrons. The van der Waals surface area contributed by atoms with Crippen LogP contribution in [0.15, 0.2) is 24.3 Å². The van der Waals surface area contributed by atoms with Crippen molar-refractivity contribution in [3.63, 3.8) is 0 Å². The van der Waals surface area contributed by atoms with Crippen molar-refractivity contribution in [1.82, 2.24) is 0 Å². The zero-order valence-corrected chi connectivity index (χ0v) is 8.40. The molecule has 2 rings (SSSR count). The second kappa shape index (κ2) is 3.55. The van der Waals surface area contributed by atoms with Crippen LogP contribution in [0, 0.1) is 0 Å². The van der Waals surface area contributed by atoms with Gasteiger partial charge in [-0.2, -0.15) is 0 Å². The van der Waals surface area contributed by atoms with Gasteiger partial charge in [0.1, 0.15) is 12.4 Å². The summed E-state index contributed by atoms with van der Waals surface area (Å²) in [6, 6.07) is 7.18. The summed E-state index contributed by atoms with van der Waals surface area (Å²) < 4.78 is 10.1. The summed E-state index contributed by atoms with van der Waals surface area (Å²) in [5, 5.41) is 9.38. The molecule has 1 aliphatic rings. The van der Waals surface area contributed by atoms with Gasteiger partial charge in [-0.05, 0) is 6.07 Å². The van der Waals surface area contributed by atoms with Crippen LogP contribution in [-0.2, 0) is 14.9 Å². The maximum absolute atomic E-state index is 11.7. The number of methoxy groups -OCH3 is 1. The highest BCUT2D eigenvalue weighted by Gasteiger charge is 2.48. The summed E-state index contributed by atoms with van der Waals surface area (Å²) in [4.78, 5) is 11.7. The van der Waals surface area contributed by atoms with Crippen molar-refractivity contribution in [3.8, 4) is 5.75 Å². The van der Waals surface area contributed by atoms with Gasteiger partial charge in [-0.15, -0.1) is 0 Å². The minimum absolute atomic E-state index is 0.134. The van der Waals surface area contributed by atoms with Gasteiger partial charge in [0.25, 0.3) is 0 Å². The molecular formula is C11H12O4. The lowest BCUT2D eigenvalue weighted by molar-refractivity contribution is -0.149. The number of aliphatic hydroxyl groups is 1. The zero-order valence-electron chi connectivity index (χ0n) is 8.40. The van der Waals surface area contributed by atoms with E-state index in [4.69, 9.17) is 9.47 Å². The third kappa shape index (κ3) is 1.29. The molecule has 1 unspecified atom stereocenters. The highest BCUT2D eigenvalue weighted by molar-refractivity contribution is 5.85. The maximum Gasteiger partial charge on any atom is 0.322 e. The van der Waals surface area contributed by atoms with Gasteiger partial charge in [-0.1, -0.05) is 18.2 Å². The first-order valence-electron chi connectivity index (χ1n) is 4.66. The highest BCUT2D eigenvalue weighted by atomic mass is 16.5. The van der Waals surface area contributed by atoms with Crippen molar-refractivity contribution in [2.24, 2.45) is 0 Å². The van der Waals surface area contributed by atoms with Crippen molar-refractivity contribution in [2.75, 3.05) is 20.3 Å². The maximum atomic E-state index is 11.7. The summed E-state index contributed by atoms with van der Waals surface area (Å²) in [6.45, 7) is -0.174. The number of fused-ring (bicyclic) bond motifs is 1. The van der Waals surface area contributed by atoms with Crippen LogP contribution < -0.4 is 4.74 Å². The summed E-state index contributed by atoms with van der Waals surface area (Å²) in [5.74, 6) is 0.173. The summed E-state index contributed by atoms with van der Waals surface area (Å²) in [7, 11) is 1.31. The number of ether oxygens (including phenoxy) is 2. The van der Waals surface area contributed by atoms with E-state index in [9.17, 15) is 9.90 Å². The largest absolute Gasteiger partial charge is 0.492 e. The van der Waals surface area contributed by atoms with Crippen LogP contribution in [0.5, 0.6) is 5.75 Å². The number of hydrogen-bond acceptors (Lipinski definition) is 4. The van der Waals surface area contributed by atoms with Crippen LogP contribution >= 0.6 is 0 Å². The smallest absolute Gasteiger partial charge is 0.322 e. The molecule has 0 amide bonds. The first kappa shape index (κ1) is 9.98. The van der Waals surface area contributed by atoms with Crippen molar-refractivity contribution in [3.05, 3.63) is 29.8 Å². The molecule has 1 N–H and O–H groups in total. The molecule has 0 saturated carbocycles. The molecule has 1 aromatic rings. The number of para-hydroxylation sites is 1. The first-order valence-corrected chi connectivity index (χ1v) is 4.66. The Balaban J connectivity index is 2.50. The molecule has 0 aromatic heterocycles. The van der Waals surface area contributed by atoms with Crippen molar-refractivity contribution in [2.45, 2.75) is 5.41 Å². The first-order chi connectivity index (χ1) is 7.24. The highest BCUT2D eigenvalue weighted by Crippen LogP contribution is 2.39. The van der Waals surface area contributed by atoms with Crippen LogP contribution in [0.2, 0.25) is 0 Å². The van der Waals surface area contributed by atoms with Crippen LogP contribution in [0.3, 0.4) is 0 Å². The molecule has 0 aliphatic carbocycles. The Hall–Kier alpha value is -1.55. The van der Waals surface area contributed by atoms with E-state index in [1.807, 2.05) is 6.07 Å². The number of esters is 1. The van der Waals surface area contributed by atoms with E-state index in [1.165, 1.54) is 7.11 Å². The number of rotatable bonds is 2. The normalized spacial score (nSPS) is 23.1. The molecule has 1 atom stereocenters. The van der Waals surface area contributed by atoms with Gasteiger partial charge in [0.15, 0.2) is 5.41 Å². The fraction of sp³-hybridized carbons (Fsp3) is 0.364. The molecule has 0 fully saturated rings. The zero-order chi connectivity index (χ0) is 10.9. The fourth-order valence-electron chi connectivity index (χ4n) is 1.83. The van der Waals surface area contributed by atoms with Crippen LogP contribution in [0.1, 0.15) is 5.56 Å². The van der Waals surface area contributed by atoms with Gasteiger partial charge >= 0.3 is 5.97 Å². The average Bonchev–Trinajstić information content (AvgIpc) is 2.68. The predicted molar refractivity (Wildman–Crippen MR) is 52.7 cm³/mol. The number of benzene rings is 1. The molecular weight excluding hydrogens is 196 g/mol. The molecule has 4 heteroatoms. The summed E-state index contributed by atoms with van der Waals surface area (Å²) in [5.41, 5.74) is -0.356. The van der Waals surface area contributed by atoms with E-state index in [-0.39, 0.29) is 13.2 Å².